The minimum absolute atomic E-state index is 0.00350. The minimum Gasteiger partial charge on any atom is -0.322 e. The van der Waals surface area contributed by atoms with Crippen molar-refractivity contribution >= 4 is 22.5 Å². The predicted octanol–water partition coefficient (Wildman–Crippen LogP) is 2.42. The van der Waals surface area contributed by atoms with Gasteiger partial charge in [0.2, 0.25) is 5.91 Å². The van der Waals surface area contributed by atoms with Crippen molar-refractivity contribution < 1.29 is 9.18 Å². The van der Waals surface area contributed by atoms with Gasteiger partial charge in [-0.3, -0.25) is 9.59 Å². The number of para-hydroxylation sites is 2. The van der Waals surface area contributed by atoms with Gasteiger partial charge in [-0.1, -0.05) is 31.2 Å². The maximum Gasteiger partial charge on any atom is 0.329 e. The van der Waals surface area contributed by atoms with Gasteiger partial charge in [0, 0.05) is 0 Å². The molecule has 0 fully saturated rings. The molecule has 0 spiro atoms. The summed E-state index contributed by atoms with van der Waals surface area (Å²) in [6, 6.07) is 11.2. The van der Waals surface area contributed by atoms with Gasteiger partial charge in [0.15, 0.2) is 0 Å². The number of fused-ring (bicyclic) bond motifs is 1. The smallest absolute Gasteiger partial charge is 0.322 e. The molecule has 1 aromatic heterocycles. The molecule has 0 saturated carbocycles. The van der Waals surface area contributed by atoms with E-state index >= 15 is 0 Å². The second-order valence-corrected chi connectivity index (χ2v) is 5.54. The average molecular weight is 341 g/mol. The van der Waals surface area contributed by atoms with Crippen LogP contribution >= 0.6 is 0 Å². The van der Waals surface area contributed by atoms with Crippen LogP contribution in [0.15, 0.2) is 58.1 Å². The van der Waals surface area contributed by atoms with E-state index < -0.39 is 29.0 Å². The Balaban J connectivity index is 2.05. The topological polar surface area (TPSA) is 84.0 Å². The molecule has 0 radical (unpaired) electrons. The molecular weight excluding hydrogens is 325 g/mol. The number of anilines is 1. The summed E-state index contributed by atoms with van der Waals surface area (Å²) in [7, 11) is 0. The largest absolute Gasteiger partial charge is 0.329 e. The molecule has 0 aliphatic carbocycles. The van der Waals surface area contributed by atoms with Crippen LogP contribution in [0.1, 0.15) is 19.4 Å². The SMILES string of the molecule is CC[C@H](C(=O)Nc1ccccc1F)n1c(=O)[nH]c2ccccc2c1=O. The van der Waals surface area contributed by atoms with Gasteiger partial charge >= 0.3 is 5.69 Å². The van der Waals surface area contributed by atoms with Gasteiger partial charge in [-0.05, 0) is 30.7 Å². The van der Waals surface area contributed by atoms with E-state index in [0.717, 1.165) is 4.57 Å². The molecule has 128 valence electrons. The van der Waals surface area contributed by atoms with E-state index in [1.54, 1.807) is 37.3 Å². The van der Waals surface area contributed by atoms with Crippen LogP contribution in [0.5, 0.6) is 0 Å². The van der Waals surface area contributed by atoms with Crippen molar-refractivity contribution in [3.8, 4) is 0 Å². The summed E-state index contributed by atoms with van der Waals surface area (Å²) >= 11 is 0. The van der Waals surface area contributed by atoms with Crippen LogP contribution in [0.3, 0.4) is 0 Å². The molecule has 0 aliphatic rings. The predicted molar refractivity (Wildman–Crippen MR) is 93.2 cm³/mol. The molecule has 3 aromatic rings. The van der Waals surface area contributed by atoms with E-state index in [1.807, 2.05) is 0 Å². The molecule has 3 rings (SSSR count). The van der Waals surface area contributed by atoms with Crippen molar-refractivity contribution in [3.63, 3.8) is 0 Å². The minimum atomic E-state index is -1.06. The van der Waals surface area contributed by atoms with E-state index in [2.05, 4.69) is 10.3 Å². The van der Waals surface area contributed by atoms with Gasteiger partial charge in [-0.25, -0.2) is 13.8 Å². The molecule has 7 heteroatoms. The fraction of sp³-hybridized carbons (Fsp3) is 0.167. The van der Waals surface area contributed by atoms with Crippen molar-refractivity contribution in [3.05, 3.63) is 75.2 Å². The number of nitrogens with one attached hydrogen (secondary N) is 2. The van der Waals surface area contributed by atoms with Gasteiger partial charge in [-0.2, -0.15) is 0 Å². The van der Waals surface area contributed by atoms with Crippen LogP contribution < -0.4 is 16.6 Å². The molecular formula is C18H16FN3O3. The highest BCUT2D eigenvalue weighted by molar-refractivity contribution is 5.94. The molecule has 1 atom stereocenters. The number of carbonyl (C=O) groups is 1. The highest BCUT2D eigenvalue weighted by Crippen LogP contribution is 2.16. The van der Waals surface area contributed by atoms with Crippen LogP contribution in [0.25, 0.3) is 10.9 Å². The van der Waals surface area contributed by atoms with Crippen LogP contribution in [0, 0.1) is 5.82 Å². The van der Waals surface area contributed by atoms with Gasteiger partial charge in [0.05, 0.1) is 16.6 Å². The highest BCUT2D eigenvalue weighted by atomic mass is 19.1. The summed E-state index contributed by atoms with van der Waals surface area (Å²) in [4.78, 5) is 40.1. The van der Waals surface area contributed by atoms with E-state index in [-0.39, 0.29) is 12.1 Å². The number of benzene rings is 2. The Morgan fingerprint density at radius 3 is 2.56 bits per heavy atom. The first-order valence-electron chi connectivity index (χ1n) is 7.82. The zero-order valence-electron chi connectivity index (χ0n) is 13.5. The molecule has 0 saturated heterocycles. The lowest BCUT2D eigenvalue weighted by Crippen LogP contribution is -2.42. The van der Waals surface area contributed by atoms with Gasteiger partial charge in [0.1, 0.15) is 11.9 Å². The number of amides is 1. The molecule has 2 aromatic carbocycles. The van der Waals surface area contributed by atoms with E-state index in [1.165, 1.54) is 18.2 Å². The quantitative estimate of drug-likeness (QED) is 0.764. The lowest BCUT2D eigenvalue weighted by atomic mass is 10.1. The molecule has 1 amide bonds. The summed E-state index contributed by atoms with van der Waals surface area (Å²) in [6.07, 6.45) is 0.196. The Morgan fingerprint density at radius 1 is 1.16 bits per heavy atom. The third kappa shape index (κ3) is 3.08. The lowest BCUT2D eigenvalue weighted by molar-refractivity contribution is -0.119. The maximum atomic E-state index is 13.7. The zero-order chi connectivity index (χ0) is 18.0. The normalized spacial score (nSPS) is 12.1. The number of hydrogen-bond acceptors (Lipinski definition) is 3. The molecule has 6 nitrogen and oxygen atoms in total. The van der Waals surface area contributed by atoms with Crippen molar-refractivity contribution in [1.29, 1.82) is 0 Å². The Morgan fingerprint density at radius 2 is 1.84 bits per heavy atom. The molecule has 25 heavy (non-hydrogen) atoms. The van der Waals surface area contributed by atoms with Crippen molar-refractivity contribution in [2.45, 2.75) is 19.4 Å². The molecule has 0 unspecified atom stereocenters. The number of nitrogens with zero attached hydrogens (tertiary/aromatic N) is 1. The Kier molecular flexibility index (Phi) is 4.47. The van der Waals surface area contributed by atoms with Crippen molar-refractivity contribution in [1.82, 2.24) is 9.55 Å². The van der Waals surface area contributed by atoms with Crippen LogP contribution in [-0.4, -0.2) is 15.5 Å². The summed E-state index contributed by atoms with van der Waals surface area (Å²) < 4.78 is 14.6. The van der Waals surface area contributed by atoms with Crippen molar-refractivity contribution in [2.24, 2.45) is 0 Å². The first kappa shape index (κ1) is 16.6. The second-order valence-electron chi connectivity index (χ2n) is 5.54. The number of H-pyrrole nitrogens is 1. The second kappa shape index (κ2) is 6.72. The Labute approximate surface area is 141 Å². The maximum absolute atomic E-state index is 13.7. The van der Waals surface area contributed by atoms with Crippen LogP contribution in [0.2, 0.25) is 0 Å². The number of hydrogen-bond donors (Lipinski definition) is 2. The number of rotatable bonds is 4. The average Bonchev–Trinajstić information content (AvgIpc) is 2.60. The molecule has 2 N–H and O–H groups in total. The number of halogens is 1. The summed E-state index contributed by atoms with van der Waals surface area (Å²) in [6.45, 7) is 1.67. The fourth-order valence-electron chi connectivity index (χ4n) is 2.72. The van der Waals surface area contributed by atoms with Gasteiger partial charge in [0.25, 0.3) is 5.56 Å². The summed E-state index contributed by atoms with van der Waals surface area (Å²) in [5.41, 5.74) is -0.844. The van der Waals surface area contributed by atoms with E-state index in [4.69, 9.17) is 0 Å². The lowest BCUT2D eigenvalue weighted by Gasteiger charge is -2.17. The standard InChI is InChI=1S/C18H16FN3O3/c1-2-15(16(23)20-14-10-6-4-8-12(14)19)22-17(24)11-7-3-5-9-13(11)21-18(22)25/h3-10,15H,2H2,1H3,(H,20,23)(H,21,25)/t15-/m1/s1. The third-order valence-electron chi connectivity index (χ3n) is 3.97. The van der Waals surface area contributed by atoms with Crippen LogP contribution in [0.4, 0.5) is 10.1 Å². The first-order valence-corrected chi connectivity index (χ1v) is 7.82. The first-order chi connectivity index (χ1) is 12.0. The summed E-state index contributed by atoms with van der Waals surface area (Å²) in [5.74, 6) is -1.22. The van der Waals surface area contributed by atoms with Crippen LogP contribution in [-0.2, 0) is 4.79 Å². The van der Waals surface area contributed by atoms with Gasteiger partial charge in [-0.15, -0.1) is 0 Å². The van der Waals surface area contributed by atoms with E-state index in [9.17, 15) is 18.8 Å². The van der Waals surface area contributed by atoms with E-state index in [0.29, 0.717) is 10.9 Å². The zero-order valence-corrected chi connectivity index (χ0v) is 13.5. The van der Waals surface area contributed by atoms with Crippen molar-refractivity contribution in [2.75, 3.05) is 5.32 Å². The molecule has 0 aliphatic heterocycles. The highest BCUT2D eigenvalue weighted by Gasteiger charge is 2.24. The fourth-order valence-corrected chi connectivity index (χ4v) is 2.72. The summed E-state index contributed by atoms with van der Waals surface area (Å²) in [5, 5.41) is 2.74. The molecule has 1 heterocycles. The third-order valence-corrected chi connectivity index (χ3v) is 3.97. The van der Waals surface area contributed by atoms with Gasteiger partial charge < -0.3 is 10.3 Å². The number of aromatic amines is 1. The number of carbonyl (C=O) groups excluding carboxylic acids is 1. The monoisotopic (exact) mass is 341 g/mol. The number of aromatic nitrogens is 2. The Bertz CT molecular complexity index is 1060. The molecule has 0 bridgehead atoms. The Hall–Kier alpha value is -3.22.